The van der Waals surface area contributed by atoms with E-state index in [0.29, 0.717) is 0 Å². The molecule has 5 rings (SSSR count). The van der Waals surface area contributed by atoms with Crippen LogP contribution in [0.2, 0.25) is 0 Å². The van der Waals surface area contributed by atoms with Gasteiger partial charge in [-0.25, -0.2) is 4.98 Å². The molecule has 0 spiro atoms. The van der Waals surface area contributed by atoms with Crippen molar-refractivity contribution in [1.29, 1.82) is 0 Å². The lowest BCUT2D eigenvalue weighted by Gasteiger charge is -2.25. The van der Waals surface area contributed by atoms with E-state index >= 15 is 0 Å². The highest BCUT2D eigenvalue weighted by molar-refractivity contribution is 8.04. The van der Waals surface area contributed by atoms with Crippen LogP contribution in [0, 0.1) is 0 Å². The van der Waals surface area contributed by atoms with Gasteiger partial charge in [-0.3, -0.25) is 4.79 Å². The van der Waals surface area contributed by atoms with Crippen molar-refractivity contribution in [1.82, 2.24) is 15.2 Å². The molecule has 3 aromatic rings. The van der Waals surface area contributed by atoms with Gasteiger partial charge in [0, 0.05) is 23.6 Å². The number of carbonyl (C=O) groups is 1. The molecule has 32 heavy (non-hydrogen) atoms. The normalized spacial score (nSPS) is 21.8. The van der Waals surface area contributed by atoms with Crippen molar-refractivity contribution < 1.29 is 18.0 Å². The fourth-order valence-electron chi connectivity index (χ4n) is 4.19. The van der Waals surface area contributed by atoms with E-state index in [9.17, 15) is 18.0 Å². The summed E-state index contributed by atoms with van der Waals surface area (Å²) in [7, 11) is 2.06. The Balaban J connectivity index is 1.46. The molecule has 0 aliphatic carbocycles. The minimum atomic E-state index is -4.49. The van der Waals surface area contributed by atoms with Gasteiger partial charge in [0.1, 0.15) is 5.01 Å². The summed E-state index contributed by atoms with van der Waals surface area (Å²) in [6, 6.07) is 12.5. The third-order valence-corrected chi connectivity index (χ3v) is 8.22. The highest BCUT2D eigenvalue weighted by Gasteiger charge is 2.41. The van der Waals surface area contributed by atoms with E-state index in [1.165, 1.54) is 22.6 Å². The molecule has 3 heterocycles. The topological polar surface area (TPSA) is 45.2 Å². The first kappa shape index (κ1) is 21.5. The summed E-state index contributed by atoms with van der Waals surface area (Å²) in [5.41, 5.74) is 1.38. The first-order valence-electron chi connectivity index (χ1n) is 10.2. The van der Waals surface area contributed by atoms with Gasteiger partial charge >= 0.3 is 6.18 Å². The van der Waals surface area contributed by atoms with Gasteiger partial charge in [-0.15, -0.1) is 23.1 Å². The SMILES string of the molecule is CN1CCC2=C(C1)SC(NC(=O)c1cccc(C(F)(F)F)c1)C2c1nc2ccccc2s1. The van der Waals surface area contributed by atoms with Gasteiger partial charge in [0.25, 0.3) is 5.91 Å². The summed E-state index contributed by atoms with van der Waals surface area (Å²) >= 11 is 3.21. The van der Waals surface area contributed by atoms with Gasteiger partial charge in [0.05, 0.1) is 27.1 Å². The number of aromatic nitrogens is 1. The second-order valence-corrected chi connectivity index (χ2v) is 10.3. The number of carbonyl (C=O) groups excluding carboxylic acids is 1. The maximum atomic E-state index is 13.1. The lowest BCUT2D eigenvalue weighted by Crippen LogP contribution is -2.35. The average Bonchev–Trinajstić information content (AvgIpc) is 3.33. The fourth-order valence-corrected chi connectivity index (χ4v) is 6.99. The van der Waals surface area contributed by atoms with Crippen LogP contribution in [-0.4, -0.2) is 41.3 Å². The number of amides is 1. The molecule has 9 heteroatoms. The number of hydrogen-bond acceptors (Lipinski definition) is 5. The monoisotopic (exact) mass is 475 g/mol. The van der Waals surface area contributed by atoms with Gasteiger partial charge in [0.15, 0.2) is 0 Å². The molecule has 2 atom stereocenters. The molecule has 0 saturated heterocycles. The van der Waals surface area contributed by atoms with Crippen molar-refractivity contribution in [3.05, 3.63) is 75.1 Å². The summed E-state index contributed by atoms with van der Waals surface area (Å²) in [5.74, 6) is -0.594. The third-order valence-electron chi connectivity index (χ3n) is 5.78. The standard InChI is InChI=1S/C23H20F3N3OS2/c1-29-10-9-15-18(12-29)32-22(19(15)21-27-16-7-2-3-8-17(16)31-21)28-20(30)13-5-4-6-14(11-13)23(24,25)26/h2-8,11,19,22H,9-10,12H2,1H3,(H,28,30). The van der Waals surface area contributed by atoms with Crippen LogP contribution in [-0.2, 0) is 6.18 Å². The van der Waals surface area contributed by atoms with Crippen molar-refractivity contribution >= 4 is 39.2 Å². The van der Waals surface area contributed by atoms with Crippen LogP contribution < -0.4 is 5.32 Å². The van der Waals surface area contributed by atoms with E-state index in [1.54, 1.807) is 23.1 Å². The first-order chi connectivity index (χ1) is 15.3. The van der Waals surface area contributed by atoms with Gasteiger partial charge in [-0.05, 0) is 49.4 Å². The predicted molar refractivity (Wildman–Crippen MR) is 122 cm³/mol. The second-order valence-electron chi connectivity index (χ2n) is 8.02. The Morgan fingerprint density at radius 2 is 2.00 bits per heavy atom. The van der Waals surface area contributed by atoms with Gasteiger partial charge in [-0.1, -0.05) is 18.2 Å². The number of likely N-dealkylation sites (N-methyl/N-ethyl adjacent to an activating group) is 1. The van der Waals surface area contributed by atoms with Crippen molar-refractivity contribution in [2.45, 2.75) is 23.9 Å². The highest BCUT2D eigenvalue weighted by atomic mass is 32.2. The molecule has 1 N–H and O–H groups in total. The van der Waals surface area contributed by atoms with E-state index in [0.717, 1.165) is 46.9 Å². The zero-order valence-corrected chi connectivity index (χ0v) is 18.8. The number of thiazole rings is 1. The smallest absolute Gasteiger partial charge is 0.339 e. The van der Waals surface area contributed by atoms with Crippen LogP contribution in [0.5, 0.6) is 0 Å². The molecule has 2 aromatic carbocycles. The molecule has 0 fully saturated rings. The zero-order chi connectivity index (χ0) is 22.5. The molecule has 1 aromatic heterocycles. The van der Waals surface area contributed by atoms with Crippen LogP contribution >= 0.6 is 23.1 Å². The van der Waals surface area contributed by atoms with Crippen LogP contribution in [0.25, 0.3) is 10.2 Å². The quantitative estimate of drug-likeness (QED) is 0.544. The number of nitrogens with one attached hydrogen (secondary N) is 1. The summed E-state index contributed by atoms with van der Waals surface area (Å²) in [6.07, 6.45) is -3.61. The second kappa shape index (κ2) is 8.20. The average molecular weight is 476 g/mol. The number of rotatable bonds is 3. The maximum Gasteiger partial charge on any atom is 0.416 e. The number of fused-ring (bicyclic) bond motifs is 1. The van der Waals surface area contributed by atoms with Crippen LogP contribution in [0.1, 0.15) is 33.3 Å². The van der Waals surface area contributed by atoms with Gasteiger partial charge in [0.2, 0.25) is 0 Å². The summed E-state index contributed by atoms with van der Waals surface area (Å²) < 4.78 is 40.4. The Bertz CT molecular complexity index is 1190. The Labute approximate surface area is 191 Å². The lowest BCUT2D eigenvalue weighted by atomic mass is 9.93. The number of nitrogens with zero attached hydrogens (tertiary/aromatic N) is 2. The largest absolute Gasteiger partial charge is 0.416 e. The van der Waals surface area contributed by atoms with Crippen molar-refractivity contribution in [2.75, 3.05) is 20.1 Å². The Morgan fingerprint density at radius 3 is 2.78 bits per heavy atom. The number of halogens is 3. The minimum Gasteiger partial charge on any atom is -0.339 e. The highest BCUT2D eigenvalue weighted by Crippen LogP contribution is 2.50. The summed E-state index contributed by atoms with van der Waals surface area (Å²) in [4.78, 5) is 21.3. The van der Waals surface area contributed by atoms with Crippen LogP contribution in [0.15, 0.2) is 59.0 Å². The molecule has 0 bridgehead atoms. The number of hydrogen-bond donors (Lipinski definition) is 1. The number of para-hydroxylation sites is 1. The zero-order valence-electron chi connectivity index (χ0n) is 17.1. The van der Waals surface area contributed by atoms with Crippen molar-refractivity contribution in [3.63, 3.8) is 0 Å². The van der Waals surface area contributed by atoms with E-state index in [-0.39, 0.29) is 16.9 Å². The summed E-state index contributed by atoms with van der Waals surface area (Å²) in [5, 5.41) is 3.62. The maximum absolute atomic E-state index is 13.1. The molecule has 1 amide bonds. The molecule has 4 nitrogen and oxygen atoms in total. The molecule has 0 radical (unpaired) electrons. The van der Waals surface area contributed by atoms with E-state index in [1.807, 2.05) is 24.3 Å². The fraction of sp³-hybridized carbons (Fsp3) is 0.304. The predicted octanol–water partition coefficient (Wildman–Crippen LogP) is 5.49. The number of thioether (sulfide) groups is 1. The van der Waals surface area contributed by atoms with Gasteiger partial charge in [-0.2, -0.15) is 13.2 Å². The first-order valence-corrected chi connectivity index (χ1v) is 11.9. The third kappa shape index (κ3) is 4.04. The van der Waals surface area contributed by atoms with E-state index in [2.05, 4.69) is 17.3 Å². The minimum absolute atomic E-state index is 0.00506. The molecular formula is C23H20F3N3OS2. The van der Waals surface area contributed by atoms with Crippen LogP contribution in [0.3, 0.4) is 0 Å². The number of alkyl halides is 3. The molecule has 0 saturated carbocycles. The molecular weight excluding hydrogens is 455 g/mol. The Kier molecular flexibility index (Phi) is 5.51. The Hall–Kier alpha value is -2.36. The molecule has 2 aliphatic heterocycles. The number of benzene rings is 2. The van der Waals surface area contributed by atoms with E-state index < -0.39 is 17.6 Å². The summed E-state index contributed by atoms with van der Waals surface area (Å²) in [6.45, 7) is 1.73. The van der Waals surface area contributed by atoms with Crippen molar-refractivity contribution in [3.8, 4) is 0 Å². The molecule has 2 aliphatic rings. The molecule has 166 valence electrons. The molecule has 2 unspecified atom stereocenters. The van der Waals surface area contributed by atoms with Crippen LogP contribution in [0.4, 0.5) is 13.2 Å². The van der Waals surface area contributed by atoms with Gasteiger partial charge < -0.3 is 10.2 Å². The Morgan fingerprint density at radius 1 is 1.19 bits per heavy atom. The van der Waals surface area contributed by atoms with E-state index in [4.69, 9.17) is 4.98 Å². The lowest BCUT2D eigenvalue weighted by molar-refractivity contribution is -0.137. The van der Waals surface area contributed by atoms with Crippen molar-refractivity contribution in [2.24, 2.45) is 0 Å².